The Kier molecular flexibility index (Phi) is 5.65. The normalized spacial score (nSPS) is 16.5. The SMILES string of the molecule is CCOC(=O)C1CCCN(C(=O)c2cnn(-c3ccccc3F)c2-n2cccc2)C1. The Morgan fingerprint density at radius 1 is 1.20 bits per heavy atom. The molecule has 1 atom stereocenters. The van der Waals surface area contributed by atoms with E-state index < -0.39 is 5.82 Å². The van der Waals surface area contributed by atoms with Crippen molar-refractivity contribution in [2.24, 2.45) is 5.92 Å². The number of ether oxygens (including phenoxy) is 1. The highest BCUT2D eigenvalue weighted by atomic mass is 19.1. The molecule has 4 rings (SSSR count). The van der Waals surface area contributed by atoms with Crippen molar-refractivity contribution >= 4 is 11.9 Å². The summed E-state index contributed by atoms with van der Waals surface area (Å²) in [5, 5.41) is 4.32. The number of carbonyl (C=O) groups is 2. The van der Waals surface area contributed by atoms with Gasteiger partial charge in [0.1, 0.15) is 17.1 Å². The average molecular weight is 410 g/mol. The molecule has 0 spiro atoms. The number of hydrogen-bond acceptors (Lipinski definition) is 4. The maximum Gasteiger partial charge on any atom is 0.310 e. The van der Waals surface area contributed by atoms with E-state index in [4.69, 9.17) is 4.74 Å². The lowest BCUT2D eigenvalue weighted by molar-refractivity contribution is -0.149. The van der Waals surface area contributed by atoms with Gasteiger partial charge in [-0.3, -0.25) is 9.59 Å². The zero-order valence-electron chi connectivity index (χ0n) is 16.7. The highest BCUT2D eigenvalue weighted by Gasteiger charge is 2.32. The predicted molar refractivity (Wildman–Crippen MR) is 108 cm³/mol. The Bertz CT molecular complexity index is 1040. The molecule has 1 aliphatic rings. The van der Waals surface area contributed by atoms with Crippen molar-refractivity contribution in [3.8, 4) is 11.5 Å². The first-order chi connectivity index (χ1) is 14.6. The topological polar surface area (TPSA) is 69.4 Å². The third-order valence-electron chi connectivity index (χ3n) is 5.23. The van der Waals surface area contributed by atoms with Crippen LogP contribution in [-0.4, -0.2) is 50.8 Å². The van der Waals surface area contributed by atoms with Crippen molar-refractivity contribution in [2.45, 2.75) is 19.8 Å². The van der Waals surface area contributed by atoms with Gasteiger partial charge in [0.05, 0.1) is 18.7 Å². The van der Waals surface area contributed by atoms with Crippen molar-refractivity contribution in [3.05, 3.63) is 66.4 Å². The molecular weight excluding hydrogens is 387 g/mol. The average Bonchev–Trinajstić information content (AvgIpc) is 3.43. The molecule has 1 unspecified atom stereocenters. The molecule has 0 aliphatic carbocycles. The van der Waals surface area contributed by atoms with Crippen LogP contribution in [0.15, 0.2) is 55.0 Å². The second-order valence-corrected chi connectivity index (χ2v) is 7.18. The summed E-state index contributed by atoms with van der Waals surface area (Å²) in [5.74, 6) is -0.834. The fourth-order valence-corrected chi connectivity index (χ4v) is 3.80. The van der Waals surface area contributed by atoms with Crippen molar-refractivity contribution in [3.63, 3.8) is 0 Å². The first-order valence-electron chi connectivity index (χ1n) is 10.0. The number of benzene rings is 1. The van der Waals surface area contributed by atoms with Crippen LogP contribution >= 0.6 is 0 Å². The van der Waals surface area contributed by atoms with E-state index in [0.717, 1.165) is 6.42 Å². The second-order valence-electron chi connectivity index (χ2n) is 7.18. The third-order valence-corrected chi connectivity index (χ3v) is 5.23. The first kappa shape index (κ1) is 19.9. The highest BCUT2D eigenvalue weighted by molar-refractivity contribution is 5.97. The van der Waals surface area contributed by atoms with Gasteiger partial charge in [0.25, 0.3) is 5.91 Å². The molecule has 8 heteroatoms. The van der Waals surface area contributed by atoms with E-state index in [1.165, 1.54) is 16.9 Å². The van der Waals surface area contributed by atoms with E-state index in [2.05, 4.69) is 5.10 Å². The van der Waals surface area contributed by atoms with E-state index >= 15 is 0 Å². The number of esters is 1. The molecule has 3 aromatic rings. The number of rotatable bonds is 5. The van der Waals surface area contributed by atoms with Gasteiger partial charge in [-0.25, -0.2) is 9.07 Å². The number of likely N-dealkylation sites (tertiary alicyclic amines) is 1. The summed E-state index contributed by atoms with van der Waals surface area (Å²) in [6.07, 6.45) is 6.43. The molecule has 2 aromatic heterocycles. The maximum absolute atomic E-state index is 14.5. The zero-order chi connectivity index (χ0) is 21.1. The quantitative estimate of drug-likeness (QED) is 0.606. The monoisotopic (exact) mass is 410 g/mol. The number of amides is 1. The minimum atomic E-state index is -0.437. The molecule has 156 valence electrons. The van der Waals surface area contributed by atoms with Gasteiger partial charge in [-0.2, -0.15) is 5.10 Å². The molecule has 1 saturated heterocycles. The fraction of sp³-hybridized carbons (Fsp3) is 0.318. The van der Waals surface area contributed by atoms with Gasteiger partial charge >= 0.3 is 5.97 Å². The minimum absolute atomic E-state index is 0.240. The molecule has 30 heavy (non-hydrogen) atoms. The summed E-state index contributed by atoms with van der Waals surface area (Å²) in [4.78, 5) is 27.2. The number of piperidine rings is 1. The number of aromatic nitrogens is 3. The largest absolute Gasteiger partial charge is 0.466 e. The van der Waals surface area contributed by atoms with E-state index in [9.17, 15) is 14.0 Å². The molecule has 1 fully saturated rings. The van der Waals surface area contributed by atoms with Gasteiger partial charge < -0.3 is 14.2 Å². The van der Waals surface area contributed by atoms with E-state index in [0.29, 0.717) is 37.5 Å². The van der Waals surface area contributed by atoms with Crippen LogP contribution in [0.25, 0.3) is 11.5 Å². The van der Waals surface area contributed by atoms with Crippen LogP contribution in [-0.2, 0) is 9.53 Å². The molecule has 3 heterocycles. The van der Waals surface area contributed by atoms with Gasteiger partial charge in [-0.05, 0) is 44.0 Å². The van der Waals surface area contributed by atoms with Gasteiger partial charge in [-0.15, -0.1) is 0 Å². The van der Waals surface area contributed by atoms with Crippen LogP contribution in [0.3, 0.4) is 0 Å². The fourth-order valence-electron chi connectivity index (χ4n) is 3.80. The molecule has 1 aromatic carbocycles. The Hall–Kier alpha value is -3.42. The van der Waals surface area contributed by atoms with Crippen molar-refractivity contribution in [1.82, 2.24) is 19.2 Å². The summed E-state index contributed by atoms with van der Waals surface area (Å²) >= 11 is 0. The van der Waals surface area contributed by atoms with Gasteiger partial charge in [0.2, 0.25) is 0 Å². The maximum atomic E-state index is 14.5. The summed E-state index contributed by atoms with van der Waals surface area (Å²) in [6, 6.07) is 9.94. The standard InChI is InChI=1S/C22H23FN4O3/c1-2-30-22(29)16-8-7-13-26(15-16)21(28)17-14-24-27(19-10-4-3-9-18(19)23)20(17)25-11-5-6-12-25/h3-6,9-12,14,16H,2,7-8,13,15H2,1H3. The number of hydrogen-bond donors (Lipinski definition) is 0. The first-order valence-corrected chi connectivity index (χ1v) is 10.0. The molecule has 1 aliphatic heterocycles. The molecule has 1 amide bonds. The smallest absolute Gasteiger partial charge is 0.310 e. The Balaban J connectivity index is 1.70. The third kappa shape index (κ3) is 3.72. The van der Waals surface area contributed by atoms with Crippen LogP contribution in [0.5, 0.6) is 0 Å². The van der Waals surface area contributed by atoms with Crippen LogP contribution < -0.4 is 0 Å². The highest BCUT2D eigenvalue weighted by Crippen LogP contribution is 2.25. The molecular formula is C22H23FN4O3. The number of halogens is 1. The van der Waals surface area contributed by atoms with Crippen molar-refractivity contribution in [2.75, 3.05) is 19.7 Å². The molecule has 0 saturated carbocycles. The predicted octanol–water partition coefficient (Wildman–Crippen LogP) is 3.22. The van der Waals surface area contributed by atoms with Gasteiger partial charge in [0, 0.05) is 25.5 Å². The Morgan fingerprint density at radius 2 is 1.97 bits per heavy atom. The summed E-state index contributed by atoms with van der Waals surface area (Å²) in [6.45, 7) is 2.93. The number of para-hydroxylation sites is 1. The second kappa shape index (κ2) is 8.52. The molecule has 0 bridgehead atoms. The van der Waals surface area contributed by atoms with Crippen LogP contribution in [0, 0.1) is 11.7 Å². The Labute approximate surface area is 173 Å². The summed E-state index contributed by atoms with van der Waals surface area (Å²) in [7, 11) is 0. The number of nitrogens with zero attached hydrogens (tertiary/aromatic N) is 4. The molecule has 7 nitrogen and oxygen atoms in total. The van der Waals surface area contributed by atoms with E-state index in [-0.39, 0.29) is 23.5 Å². The van der Waals surface area contributed by atoms with E-state index in [1.54, 1.807) is 47.0 Å². The van der Waals surface area contributed by atoms with Gasteiger partial charge in [0.15, 0.2) is 5.82 Å². The number of carbonyl (C=O) groups excluding carboxylic acids is 2. The Morgan fingerprint density at radius 3 is 2.70 bits per heavy atom. The lowest BCUT2D eigenvalue weighted by Gasteiger charge is -2.31. The molecule has 0 radical (unpaired) electrons. The lowest BCUT2D eigenvalue weighted by Crippen LogP contribution is -2.43. The van der Waals surface area contributed by atoms with Crippen LogP contribution in [0.1, 0.15) is 30.1 Å². The van der Waals surface area contributed by atoms with Gasteiger partial charge in [-0.1, -0.05) is 12.1 Å². The molecule has 0 N–H and O–H groups in total. The van der Waals surface area contributed by atoms with Crippen LogP contribution in [0.4, 0.5) is 4.39 Å². The summed E-state index contributed by atoms with van der Waals surface area (Å²) < 4.78 is 22.8. The van der Waals surface area contributed by atoms with Crippen molar-refractivity contribution in [1.29, 1.82) is 0 Å². The zero-order valence-corrected chi connectivity index (χ0v) is 16.7. The van der Waals surface area contributed by atoms with Crippen molar-refractivity contribution < 1.29 is 18.7 Å². The van der Waals surface area contributed by atoms with E-state index in [1.807, 2.05) is 12.1 Å². The lowest BCUT2D eigenvalue weighted by atomic mass is 9.97. The van der Waals surface area contributed by atoms with Crippen LogP contribution in [0.2, 0.25) is 0 Å². The summed E-state index contributed by atoms with van der Waals surface area (Å²) in [5.41, 5.74) is 0.599. The minimum Gasteiger partial charge on any atom is -0.466 e.